The largest absolute Gasteiger partial charge is 0.399 e. The molecule has 1 amide bonds. The number of anilines is 2. The molecule has 2 rings (SSSR count). The standard InChI is InChI=1S/C14H21ClN4O/c1-10-8-18(2)5-6-19(10)9-14(20)17-13-7-11(16)3-4-12(13)15/h3-4,7,10H,5-6,8-9,16H2,1-2H3,(H,17,20). The fraction of sp³-hybridized carbons (Fsp3) is 0.500. The molecule has 1 unspecified atom stereocenters. The summed E-state index contributed by atoms with van der Waals surface area (Å²) < 4.78 is 0. The number of rotatable bonds is 3. The number of amides is 1. The molecule has 1 heterocycles. The number of nitrogens with two attached hydrogens (primary N) is 1. The van der Waals surface area contributed by atoms with Crippen molar-refractivity contribution in [3.63, 3.8) is 0 Å². The van der Waals surface area contributed by atoms with Crippen molar-refractivity contribution in [3.8, 4) is 0 Å². The van der Waals surface area contributed by atoms with Crippen LogP contribution in [-0.4, -0.2) is 55.0 Å². The molecule has 110 valence electrons. The van der Waals surface area contributed by atoms with E-state index in [4.69, 9.17) is 17.3 Å². The number of carbonyl (C=O) groups excluding carboxylic acids is 1. The molecule has 1 fully saturated rings. The van der Waals surface area contributed by atoms with E-state index in [1.165, 1.54) is 0 Å². The molecule has 1 saturated heterocycles. The molecule has 0 radical (unpaired) electrons. The second-order valence-electron chi connectivity index (χ2n) is 5.37. The van der Waals surface area contributed by atoms with Gasteiger partial charge in [-0.05, 0) is 32.2 Å². The first kappa shape index (κ1) is 15.1. The molecule has 0 bridgehead atoms. The van der Waals surface area contributed by atoms with E-state index >= 15 is 0 Å². The molecular weight excluding hydrogens is 276 g/mol. The van der Waals surface area contributed by atoms with Crippen LogP contribution in [0, 0.1) is 0 Å². The van der Waals surface area contributed by atoms with Crippen LogP contribution in [0.5, 0.6) is 0 Å². The Balaban J connectivity index is 1.94. The number of likely N-dealkylation sites (N-methyl/N-ethyl adjacent to an activating group) is 1. The number of nitrogens with one attached hydrogen (secondary N) is 1. The van der Waals surface area contributed by atoms with Crippen molar-refractivity contribution < 1.29 is 4.79 Å². The van der Waals surface area contributed by atoms with Crippen molar-refractivity contribution in [2.45, 2.75) is 13.0 Å². The normalized spacial score (nSPS) is 20.9. The Morgan fingerprint density at radius 1 is 1.50 bits per heavy atom. The van der Waals surface area contributed by atoms with Gasteiger partial charge in [-0.25, -0.2) is 0 Å². The van der Waals surface area contributed by atoms with Crippen molar-refractivity contribution in [2.75, 3.05) is 44.3 Å². The maximum atomic E-state index is 12.1. The predicted molar refractivity (Wildman–Crippen MR) is 83.0 cm³/mol. The highest BCUT2D eigenvalue weighted by atomic mass is 35.5. The first-order valence-corrected chi connectivity index (χ1v) is 7.11. The second kappa shape index (κ2) is 6.43. The molecule has 0 aliphatic carbocycles. The summed E-state index contributed by atoms with van der Waals surface area (Å²) in [7, 11) is 2.10. The van der Waals surface area contributed by atoms with Crippen molar-refractivity contribution in [3.05, 3.63) is 23.2 Å². The fourth-order valence-electron chi connectivity index (χ4n) is 2.43. The van der Waals surface area contributed by atoms with Crippen LogP contribution in [0.15, 0.2) is 18.2 Å². The summed E-state index contributed by atoms with van der Waals surface area (Å²) in [5.74, 6) is -0.0612. The summed E-state index contributed by atoms with van der Waals surface area (Å²) in [5, 5.41) is 3.32. The number of piperazine rings is 1. The lowest BCUT2D eigenvalue weighted by molar-refractivity contribution is -0.118. The van der Waals surface area contributed by atoms with Crippen LogP contribution in [0.25, 0.3) is 0 Å². The van der Waals surface area contributed by atoms with E-state index in [1.54, 1.807) is 18.2 Å². The van der Waals surface area contributed by atoms with Gasteiger partial charge in [0.2, 0.25) is 5.91 Å². The number of carbonyl (C=O) groups is 1. The SMILES string of the molecule is CC1CN(C)CCN1CC(=O)Nc1cc(N)ccc1Cl. The van der Waals surface area contributed by atoms with Crippen LogP contribution in [0.2, 0.25) is 5.02 Å². The third-order valence-electron chi connectivity index (χ3n) is 3.58. The minimum absolute atomic E-state index is 0.0612. The number of hydrogen-bond donors (Lipinski definition) is 2. The van der Waals surface area contributed by atoms with Crippen LogP contribution in [-0.2, 0) is 4.79 Å². The second-order valence-corrected chi connectivity index (χ2v) is 5.78. The van der Waals surface area contributed by atoms with Gasteiger partial charge >= 0.3 is 0 Å². The number of nitrogens with zero attached hydrogens (tertiary/aromatic N) is 2. The first-order valence-electron chi connectivity index (χ1n) is 6.73. The van der Waals surface area contributed by atoms with Crippen LogP contribution < -0.4 is 11.1 Å². The van der Waals surface area contributed by atoms with Crippen molar-refractivity contribution >= 4 is 28.9 Å². The summed E-state index contributed by atoms with van der Waals surface area (Å²) in [5.41, 5.74) is 6.85. The lowest BCUT2D eigenvalue weighted by atomic mass is 10.2. The Morgan fingerprint density at radius 3 is 2.95 bits per heavy atom. The smallest absolute Gasteiger partial charge is 0.238 e. The van der Waals surface area contributed by atoms with E-state index in [9.17, 15) is 4.79 Å². The van der Waals surface area contributed by atoms with Crippen LogP contribution in [0.4, 0.5) is 11.4 Å². The molecule has 5 nitrogen and oxygen atoms in total. The molecule has 6 heteroatoms. The number of hydrogen-bond acceptors (Lipinski definition) is 4. The zero-order valence-electron chi connectivity index (χ0n) is 11.9. The Bertz CT molecular complexity index is 494. The predicted octanol–water partition coefficient (Wildman–Crippen LogP) is 1.50. The van der Waals surface area contributed by atoms with Crippen molar-refractivity contribution in [2.24, 2.45) is 0 Å². The minimum atomic E-state index is -0.0612. The van der Waals surface area contributed by atoms with Gasteiger partial charge < -0.3 is 16.0 Å². The summed E-state index contributed by atoms with van der Waals surface area (Å²) in [4.78, 5) is 16.6. The molecule has 0 spiro atoms. The summed E-state index contributed by atoms with van der Waals surface area (Å²) in [6, 6.07) is 5.44. The lowest BCUT2D eigenvalue weighted by Crippen LogP contribution is -2.52. The lowest BCUT2D eigenvalue weighted by Gasteiger charge is -2.37. The molecule has 20 heavy (non-hydrogen) atoms. The third kappa shape index (κ3) is 3.85. The molecular formula is C14H21ClN4O. The highest BCUT2D eigenvalue weighted by Crippen LogP contribution is 2.24. The maximum Gasteiger partial charge on any atom is 0.238 e. The average Bonchev–Trinajstić information content (AvgIpc) is 2.37. The van der Waals surface area contributed by atoms with E-state index in [2.05, 4.69) is 29.1 Å². The van der Waals surface area contributed by atoms with Gasteiger partial charge in [0.25, 0.3) is 0 Å². The van der Waals surface area contributed by atoms with Gasteiger partial charge in [-0.1, -0.05) is 11.6 Å². The van der Waals surface area contributed by atoms with E-state index < -0.39 is 0 Å². The summed E-state index contributed by atoms with van der Waals surface area (Å²) in [6.07, 6.45) is 0. The van der Waals surface area contributed by atoms with Crippen molar-refractivity contribution in [1.29, 1.82) is 0 Å². The zero-order valence-corrected chi connectivity index (χ0v) is 12.7. The van der Waals surface area contributed by atoms with Gasteiger partial charge in [0.1, 0.15) is 0 Å². The van der Waals surface area contributed by atoms with Gasteiger partial charge in [0.15, 0.2) is 0 Å². The molecule has 0 saturated carbocycles. The number of halogens is 1. The van der Waals surface area contributed by atoms with Gasteiger partial charge in [-0.2, -0.15) is 0 Å². The summed E-state index contributed by atoms with van der Waals surface area (Å²) >= 11 is 6.04. The van der Waals surface area contributed by atoms with Crippen LogP contribution in [0.1, 0.15) is 6.92 Å². The Kier molecular flexibility index (Phi) is 4.86. The molecule has 1 aliphatic rings. The first-order chi connectivity index (χ1) is 9.45. The van der Waals surface area contributed by atoms with Crippen LogP contribution >= 0.6 is 11.6 Å². The van der Waals surface area contributed by atoms with E-state index in [-0.39, 0.29) is 5.91 Å². The van der Waals surface area contributed by atoms with E-state index in [0.29, 0.717) is 29.0 Å². The highest BCUT2D eigenvalue weighted by molar-refractivity contribution is 6.33. The molecule has 0 aromatic heterocycles. The van der Waals surface area contributed by atoms with Gasteiger partial charge in [-0.3, -0.25) is 9.69 Å². The quantitative estimate of drug-likeness (QED) is 0.830. The van der Waals surface area contributed by atoms with E-state index in [1.807, 2.05) is 0 Å². The Labute approximate surface area is 124 Å². The topological polar surface area (TPSA) is 61.6 Å². The number of nitrogen functional groups attached to an aromatic ring is 1. The molecule has 1 aromatic rings. The maximum absolute atomic E-state index is 12.1. The Hall–Kier alpha value is -1.30. The third-order valence-corrected chi connectivity index (χ3v) is 3.91. The minimum Gasteiger partial charge on any atom is -0.399 e. The fourth-order valence-corrected chi connectivity index (χ4v) is 2.59. The zero-order chi connectivity index (χ0) is 14.7. The van der Waals surface area contributed by atoms with Crippen molar-refractivity contribution in [1.82, 2.24) is 9.80 Å². The average molecular weight is 297 g/mol. The molecule has 1 atom stereocenters. The molecule has 1 aliphatic heterocycles. The Morgan fingerprint density at radius 2 is 2.25 bits per heavy atom. The van der Waals surface area contributed by atoms with Gasteiger partial charge in [-0.15, -0.1) is 0 Å². The number of benzene rings is 1. The monoisotopic (exact) mass is 296 g/mol. The molecule has 1 aromatic carbocycles. The molecule has 3 N–H and O–H groups in total. The van der Waals surface area contributed by atoms with Gasteiger partial charge in [0.05, 0.1) is 17.3 Å². The van der Waals surface area contributed by atoms with Crippen LogP contribution in [0.3, 0.4) is 0 Å². The summed E-state index contributed by atoms with van der Waals surface area (Å²) in [6.45, 7) is 5.37. The highest BCUT2D eigenvalue weighted by Gasteiger charge is 2.23. The van der Waals surface area contributed by atoms with E-state index in [0.717, 1.165) is 19.6 Å². The van der Waals surface area contributed by atoms with Gasteiger partial charge in [0, 0.05) is 31.4 Å².